The van der Waals surface area contributed by atoms with Gasteiger partial charge in [0.15, 0.2) is 0 Å². The summed E-state index contributed by atoms with van der Waals surface area (Å²) in [5, 5.41) is 3.02. The minimum Gasteiger partial charge on any atom is -0.496 e. The number of rotatable bonds is 8. The number of amides is 2. The van der Waals surface area contributed by atoms with E-state index in [-0.39, 0.29) is 36.0 Å². The summed E-state index contributed by atoms with van der Waals surface area (Å²) in [4.78, 5) is 29.2. The van der Waals surface area contributed by atoms with E-state index in [4.69, 9.17) is 9.47 Å². The SMILES string of the molecule is COc1ccccc1CN1CCC2(CC[C@H](CNC(=O)CN3C[C@H](c4ccccc4)CC3=O)O2)CC1. The van der Waals surface area contributed by atoms with Gasteiger partial charge in [-0.3, -0.25) is 14.5 Å². The largest absolute Gasteiger partial charge is 0.496 e. The minimum atomic E-state index is -0.103. The molecule has 1 spiro atoms. The van der Waals surface area contributed by atoms with Gasteiger partial charge in [-0.15, -0.1) is 0 Å². The van der Waals surface area contributed by atoms with Crippen LogP contribution in [0.25, 0.3) is 0 Å². The summed E-state index contributed by atoms with van der Waals surface area (Å²) in [5.74, 6) is 1.05. The quantitative estimate of drug-likeness (QED) is 0.613. The molecule has 3 fully saturated rings. The first-order valence-corrected chi connectivity index (χ1v) is 13.1. The number of likely N-dealkylation sites (tertiary alicyclic amines) is 2. The summed E-state index contributed by atoms with van der Waals surface area (Å²) in [6.45, 7) is 4.12. The van der Waals surface area contributed by atoms with Gasteiger partial charge >= 0.3 is 0 Å². The van der Waals surface area contributed by atoms with Crippen LogP contribution in [0.1, 0.15) is 49.1 Å². The van der Waals surface area contributed by atoms with Crippen molar-refractivity contribution in [3.05, 3.63) is 65.7 Å². The number of ether oxygens (including phenoxy) is 2. The molecule has 0 aliphatic carbocycles. The third-order valence-electron chi connectivity index (χ3n) is 8.04. The fourth-order valence-electron chi connectivity index (χ4n) is 5.93. The number of nitrogens with one attached hydrogen (secondary N) is 1. The average Bonchev–Trinajstić information content (AvgIpc) is 3.48. The smallest absolute Gasteiger partial charge is 0.239 e. The lowest BCUT2D eigenvalue weighted by Crippen LogP contribution is -2.45. The number of benzene rings is 2. The normalized spacial score (nSPS) is 23.8. The van der Waals surface area contributed by atoms with E-state index >= 15 is 0 Å². The molecule has 3 aliphatic rings. The van der Waals surface area contributed by atoms with Gasteiger partial charge in [-0.2, -0.15) is 0 Å². The molecular weight excluding hydrogens is 454 g/mol. The second-order valence-electron chi connectivity index (χ2n) is 10.4. The zero-order valence-electron chi connectivity index (χ0n) is 21.2. The van der Waals surface area contributed by atoms with Crippen LogP contribution in [0.15, 0.2) is 54.6 Å². The van der Waals surface area contributed by atoms with Crippen LogP contribution in [0, 0.1) is 0 Å². The number of para-hydroxylation sites is 1. The van der Waals surface area contributed by atoms with Gasteiger partial charge in [0, 0.05) is 50.6 Å². The summed E-state index contributed by atoms with van der Waals surface area (Å²) in [7, 11) is 1.72. The van der Waals surface area contributed by atoms with Crippen molar-refractivity contribution in [3.63, 3.8) is 0 Å². The van der Waals surface area contributed by atoms with Crippen molar-refractivity contribution in [1.29, 1.82) is 0 Å². The number of carbonyl (C=O) groups excluding carboxylic acids is 2. The Kier molecular flexibility index (Phi) is 7.58. The Morgan fingerprint density at radius 2 is 1.83 bits per heavy atom. The Morgan fingerprint density at radius 3 is 2.61 bits per heavy atom. The first-order chi connectivity index (χ1) is 17.5. The maximum atomic E-state index is 12.6. The van der Waals surface area contributed by atoms with E-state index < -0.39 is 0 Å². The highest BCUT2D eigenvalue weighted by Crippen LogP contribution is 2.39. The molecule has 0 bridgehead atoms. The Labute approximate surface area is 213 Å². The zero-order valence-corrected chi connectivity index (χ0v) is 21.2. The standard InChI is InChI=1S/C29H37N3O4/c1-35-26-10-6-5-9-23(26)19-31-15-13-29(14-16-31)12-11-25(36-29)18-30-27(33)21-32-20-24(17-28(32)34)22-7-3-2-4-8-22/h2-10,24-25H,11-21H2,1H3,(H,30,33)/t24-,25-/m1/s1. The van der Waals surface area contributed by atoms with Gasteiger partial charge in [-0.25, -0.2) is 0 Å². The van der Waals surface area contributed by atoms with E-state index in [0.29, 0.717) is 19.5 Å². The molecule has 2 atom stereocenters. The molecule has 3 heterocycles. The molecule has 1 N–H and O–H groups in total. The maximum Gasteiger partial charge on any atom is 0.239 e. The lowest BCUT2D eigenvalue weighted by molar-refractivity contribution is -0.133. The van der Waals surface area contributed by atoms with Crippen molar-refractivity contribution < 1.29 is 19.1 Å². The highest BCUT2D eigenvalue weighted by molar-refractivity contribution is 5.86. The van der Waals surface area contributed by atoms with Crippen molar-refractivity contribution >= 4 is 11.8 Å². The molecule has 7 heteroatoms. The van der Waals surface area contributed by atoms with Crippen LogP contribution in [0.4, 0.5) is 0 Å². The molecule has 2 aromatic carbocycles. The van der Waals surface area contributed by atoms with E-state index in [1.165, 1.54) is 5.56 Å². The van der Waals surface area contributed by atoms with Crippen molar-refractivity contribution in [3.8, 4) is 5.75 Å². The molecule has 5 rings (SSSR count). The van der Waals surface area contributed by atoms with Crippen LogP contribution in [0.2, 0.25) is 0 Å². The number of hydrogen-bond donors (Lipinski definition) is 1. The van der Waals surface area contributed by atoms with Crippen LogP contribution >= 0.6 is 0 Å². The topological polar surface area (TPSA) is 71.1 Å². The van der Waals surface area contributed by atoms with Gasteiger partial charge in [0.2, 0.25) is 11.8 Å². The van der Waals surface area contributed by atoms with Gasteiger partial charge < -0.3 is 19.7 Å². The maximum absolute atomic E-state index is 12.6. The number of methoxy groups -OCH3 is 1. The Hall–Kier alpha value is -2.90. The van der Waals surface area contributed by atoms with Gasteiger partial charge in [-0.05, 0) is 37.3 Å². The van der Waals surface area contributed by atoms with Crippen molar-refractivity contribution in [1.82, 2.24) is 15.1 Å². The third kappa shape index (κ3) is 5.73. The van der Waals surface area contributed by atoms with Crippen LogP contribution in [-0.2, 0) is 20.9 Å². The van der Waals surface area contributed by atoms with E-state index in [0.717, 1.165) is 56.6 Å². The Bertz CT molecular complexity index is 1050. The first-order valence-electron chi connectivity index (χ1n) is 13.1. The third-order valence-corrected chi connectivity index (χ3v) is 8.04. The number of nitrogens with zero attached hydrogens (tertiary/aromatic N) is 2. The molecular formula is C29H37N3O4. The minimum absolute atomic E-state index is 0.0427. The molecule has 7 nitrogen and oxygen atoms in total. The molecule has 0 unspecified atom stereocenters. The predicted octanol–water partition coefficient (Wildman–Crippen LogP) is 3.34. The van der Waals surface area contributed by atoms with Crippen LogP contribution < -0.4 is 10.1 Å². The van der Waals surface area contributed by atoms with E-state index in [1.807, 2.05) is 30.3 Å². The second-order valence-corrected chi connectivity index (χ2v) is 10.4. The number of piperidine rings is 1. The number of hydrogen-bond acceptors (Lipinski definition) is 5. The monoisotopic (exact) mass is 491 g/mol. The van der Waals surface area contributed by atoms with Crippen LogP contribution in [0.3, 0.4) is 0 Å². The highest BCUT2D eigenvalue weighted by Gasteiger charge is 2.42. The Morgan fingerprint density at radius 1 is 1.08 bits per heavy atom. The predicted molar refractivity (Wildman–Crippen MR) is 138 cm³/mol. The van der Waals surface area contributed by atoms with Crippen molar-refractivity contribution in [2.45, 2.75) is 56.3 Å². The van der Waals surface area contributed by atoms with Crippen LogP contribution in [0.5, 0.6) is 5.75 Å². The second kappa shape index (κ2) is 11.0. The van der Waals surface area contributed by atoms with Gasteiger partial charge in [0.25, 0.3) is 0 Å². The summed E-state index contributed by atoms with van der Waals surface area (Å²) in [6.07, 6.45) is 4.54. The summed E-state index contributed by atoms with van der Waals surface area (Å²) < 4.78 is 12.0. The van der Waals surface area contributed by atoms with Crippen LogP contribution in [-0.4, -0.2) is 73.2 Å². The van der Waals surface area contributed by atoms with E-state index in [9.17, 15) is 9.59 Å². The lowest BCUT2D eigenvalue weighted by Gasteiger charge is -2.39. The van der Waals surface area contributed by atoms with E-state index in [2.05, 4.69) is 34.5 Å². The van der Waals surface area contributed by atoms with E-state index in [1.54, 1.807) is 12.0 Å². The molecule has 36 heavy (non-hydrogen) atoms. The van der Waals surface area contributed by atoms with Crippen molar-refractivity contribution in [2.24, 2.45) is 0 Å². The molecule has 2 aromatic rings. The number of carbonyl (C=O) groups is 2. The Balaban J connectivity index is 1.04. The lowest BCUT2D eigenvalue weighted by atomic mass is 9.88. The molecule has 192 valence electrons. The molecule has 3 aliphatic heterocycles. The summed E-state index contributed by atoms with van der Waals surface area (Å²) in [5.41, 5.74) is 2.31. The summed E-state index contributed by atoms with van der Waals surface area (Å²) >= 11 is 0. The summed E-state index contributed by atoms with van der Waals surface area (Å²) in [6, 6.07) is 18.3. The van der Waals surface area contributed by atoms with Gasteiger partial charge in [-0.1, -0.05) is 48.5 Å². The zero-order chi connectivity index (χ0) is 25.0. The van der Waals surface area contributed by atoms with Gasteiger partial charge in [0.05, 0.1) is 25.4 Å². The van der Waals surface area contributed by atoms with Gasteiger partial charge in [0.1, 0.15) is 5.75 Å². The fourth-order valence-corrected chi connectivity index (χ4v) is 5.93. The molecule has 3 saturated heterocycles. The molecule has 0 radical (unpaired) electrons. The highest BCUT2D eigenvalue weighted by atomic mass is 16.5. The first kappa shape index (κ1) is 24.8. The fraction of sp³-hybridized carbons (Fsp3) is 0.517. The van der Waals surface area contributed by atoms with Crippen molar-refractivity contribution in [2.75, 3.05) is 39.8 Å². The average molecular weight is 492 g/mol. The molecule has 0 aromatic heterocycles. The molecule has 2 amide bonds. The molecule has 0 saturated carbocycles.